The van der Waals surface area contributed by atoms with Crippen LogP contribution in [0.1, 0.15) is 25.3 Å². The second kappa shape index (κ2) is 8.72. The molecule has 1 heterocycles. The summed E-state index contributed by atoms with van der Waals surface area (Å²) < 4.78 is 15.4. The molecule has 22 heavy (non-hydrogen) atoms. The third kappa shape index (κ3) is 5.13. The second-order valence-corrected chi connectivity index (χ2v) is 4.63. The third-order valence-electron chi connectivity index (χ3n) is 2.97. The Hall–Kier alpha value is -2.49. The molecule has 116 valence electrons. The molecule has 1 aromatic rings. The SMILES string of the molecule is CCOC(=O)/C=C/C=C/CC/C=C/c1ccc2c(c1)OCO2. The number of ether oxygens (including phenoxy) is 3. The zero-order valence-electron chi connectivity index (χ0n) is 12.7. The summed E-state index contributed by atoms with van der Waals surface area (Å²) >= 11 is 0. The van der Waals surface area contributed by atoms with Crippen LogP contribution < -0.4 is 9.47 Å². The monoisotopic (exact) mass is 300 g/mol. The minimum absolute atomic E-state index is 0.298. The molecule has 0 aromatic heterocycles. The van der Waals surface area contributed by atoms with Gasteiger partial charge in [-0.3, -0.25) is 0 Å². The Morgan fingerprint density at radius 2 is 2.00 bits per heavy atom. The summed E-state index contributed by atoms with van der Waals surface area (Å²) in [6.07, 6.45) is 13.0. The molecule has 4 heteroatoms. The van der Waals surface area contributed by atoms with Crippen LogP contribution in [-0.2, 0) is 9.53 Å². The van der Waals surface area contributed by atoms with Gasteiger partial charge in [0, 0.05) is 6.08 Å². The molecule has 1 aromatic carbocycles. The Balaban J connectivity index is 1.69. The van der Waals surface area contributed by atoms with E-state index in [4.69, 9.17) is 14.2 Å². The van der Waals surface area contributed by atoms with Gasteiger partial charge in [0.05, 0.1) is 6.61 Å². The molecule has 4 nitrogen and oxygen atoms in total. The maximum atomic E-state index is 11.0. The largest absolute Gasteiger partial charge is 0.463 e. The molecule has 0 unspecified atom stereocenters. The molecular formula is C18H20O4. The van der Waals surface area contributed by atoms with Crippen LogP contribution in [0.5, 0.6) is 11.5 Å². The van der Waals surface area contributed by atoms with E-state index in [2.05, 4.69) is 12.2 Å². The van der Waals surface area contributed by atoms with Crippen molar-refractivity contribution in [3.8, 4) is 11.5 Å². The summed E-state index contributed by atoms with van der Waals surface area (Å²) in [4.78, 5) is 11.0. The summed E-state index contributed by atoms with van der Waals surface area (Å²) in [5.74, 6) is 1.29. The van der Waals surface area contributed by atoms with E-state index in [9.17, 15) is 4.79 Å². The number of carbonyl (C=O) groups excluding carboxylic acids is 1. The lowest BCUT2D eigenvalue weighted by molar-refractivity contribution is -0.137. The molecule has 0 N–H and O–H groups in total. The molecule has 0 radical (unpaired) electrons. The Bertz CT molecular complexity index is 585. The number of fused-ring (bicyclic) bond motifs is 1. The number of allylic oxidation sites excluding steroid dienone is 4. The zero-order valence-corrected chi connectivity index (χ0v) is 12.7. The molecule has 0 bridgehead atoms. The molecule has 2 rings (SSSR count). The van der Waals surface area contributed by atoms with Gasteiger partial charge in [0.15, 0.2) is 11.5 Å². The quantitative estimate of drug-likeness (QED) is 0.332. The fraction of sp³-hybridized carbons (Fsp3) is 0.278. The normalized spacial score (nSPS) is 13.5. The van der Waals surface area contributed by atoms with E-state index < -0.39 is 0 Å². The molecule has 0 amide bonds. The second-order valence-electron chi connectivity index (χ2n) is 4.63. The van der Waals surface area contributed by atoms with E-state index in [1.807, 2.05) is 30.4 Å². The highest BCUT2D eigenvalue weighted by molar-refractivity contribution is 5.82. The number of benzene rings is 1. The number of rotatable bonds is 7. The van der Waals surface area contributed by atoms with Crippen molar-refractivity contribution in [2.75, 3.05) is 13.4 Å². The van der Waals surface area contributed by atoms with Gasteiger partial charge in [-0.15, -0.1) is 0 Å². The highest BCUT2D eigenvalue weighted by Crippen LogP contribution is 2.32. The number of unbranched alkanes of at least 4 members (excludes halogenated alkanes) is 1. The lowest BCUT2D eigenvalue weighted by Gasteiger charge is -1.97. The average molecular weight is 300 g/mol. The molecule has 0 spiro atoms. The van der Waals surface area contributed by atoms with Crippen LogP contribution in [0, 0.1) is 0 Å². The standard InChI is InChI=1S/C18H20O4/c1-2-20-18(19)10-8-6-4-3-5-7-9-15-11-12-16-17(13-15)22-14-21-16/h4,6-13H,2-3,5,14H2,1H3/b6-4+,9-7+,10-8+. The predicted octanol–water partition coefficient (Wildman–Crippen LogP) is 3.88. The van der Waals surface area contributed by atoms with Crippen molar-refractivity contribution in [3.05, 3.63) is 54.1 Å². The van der Waals surface area contributed by atoms with Crippen LogP contribution in [0.3, 0.4) is 0 Å². The van der Waals surface area contributed by atoms with Gasteiger partial charge in [-0.25, -0.2) is 4.79 Å². The van der Waals surface area contributed by atoms with E-state index in [1.165, 1.54) is 6.08 Å². The number of carbonyl (C=O) groups is 1. The number of hydrogen-bond acceptors (Lipinski definition) is 4. The van der Waals surface area contributed by atoms with E-state index in [0.717, 1.165) is 29.9 Å². The van der Waals surface area contributed by atoms with Crippen molar-refractivity contribution >= 4 is 12.0 Å². The molecule has 1 aliphatic heterocycles. The van der Waals surface area contributed by atoms with Gasteiger partial charge in [-0.1, -0.05) is 36.4 Å². The lowest BCUT2D eigenvalue weighted by atomic mass is 10.1. The smallest absolute Gasteiger partial charge is 0.330 e. The van der Waals surface area contributed by atoms with Gasteiger partial charge in [-0.05, 0) is 37.5 Å². The van der Waals surface area contributed by atoms with Gasteiger partial charge in [-0.2, -0.15) is 0 Å². The van der Waals surface area contributed by atoms with E-state index >= 15 is 0 Å². The summed E-state index contributed by atoms with van der Waals surface area (Å²) in [5, 5.41) is 0. The molecule has 0 aliphatic carbocycles. The van der Waals surface area contributed by atoms with Crippen LogP contribution in [0.4, 0.5) is 0 Å². The Kier molecular flexibility index (Phi) is 6.30. The van der Waals surface area contributed by atoms with Crippen molar-refractivity contribution in [2.24, 2.45) is 0 Å². The Morgan fingerprint density at radius 3 is 2.86 bits per heavy atom. The maximum absolute atomic E-state index is 11.0. The summed E-state index contributed by atoms with van der Waals surface area (Å²) in [7, 11) is 0. The highest BCUT2D eigenvalue weighted by Gasteiger charge is 2.11. The molecule has 0 atom stereocenters. The molecule has 0 saturated carbocycles. The van der Waals surface area contributed by atoms with E-state index in [1.54, 1.807) is 13.0 Å². The van der Waals surface area contributed by atoms with Crippen molar-refractivity contribution in [1.29, 1.82) is 0 Å². The first-order chi connectivity index (χ1) is 10.8. The van der Waals surface area contributed by atoms with Gasteiger partial charge in [0.25, 0.3) is 0 Å². The highest BCUT2D eigenvalue weighted by atomic mass is 16.7. The van der Waals surface area contributed by atoms with Gasteiger partial charge >= 0.3 is 5.97 Å². The van der Waals surface area contributed by atoms with Gasteiger partial charge in [0.2, 0.25) is 6.79 Å². The maximum Gasteiger partial charge on any atom is 0.330 e. The molecule has 0 fully saturated rings. The van der Waals surface area contributed by atoms with Crippen LogP contribution >= 0.6 is 0 Å². The average Bonchev–Trinajstić information content (AvgIpc) is 2.97. The Labute approximate surface area is 130 Å². The molecule has 0 saturated heterocycles. The van der Waals surface area contributed by atoms with E-state index in [-0.39, 0.29) is 5.97 Å². The van der Waals surface area contributed by atoms with Crippen molar-refractivity contribution in [1.82, 2.24) is 0 Å². The topological polar surface area (TPSA) is 44.8 Å². The fourth-order valence-electron chi connectivity index (χ4n) is 1.93. The first-order valence-electron chi connectivity index (χ1n) is 7.35. The fourth-order valence-corrected chi connectivity index (χ4v) is 1.93. The van der Waals surface area contributed by atoms with E-state index in [0.29, 0.717) is 13.4 Å². The molecule has 1 aliphatic rings. The summed E-state index contributed by atoms with van der Waals surface area (Å²) in [6, 6.07) is 5.89. The van der Waals surface area contributed by atoms with Crippen LogP contribution in [0.15, 0.2) is 48.6 Å². The zero-order chi connectivity index (χ0) is 15.6. The lowest BCUT2D eigenvalue weighted by Crippen LogP contribution is -1.98. The van der Waals surface area contributed by atoms with Gasteiger partial charge < -0.3 is 14.2 Å². The minimum atomic E-state index is -0.310. The molecular weight excluding hydrogens is 280 g/mol. The third-order valence-corrected chi connectivity index (χ3v) is 2.97. The number of hydrogen-bond donors (Lipinski definition) is 0. The first-order valence-corrected chi connectivity index (χ1v) is 7.35. The van der Waals surface area contributed by atoms with Crippen molar-refractivity contribution in [2.45, 2.75) is 19.8 Å². The van der Waals surface area contributed by atoms with Crippen LogP contribution in [0.25, 0.3) is 6.08 Å². The Morgan fingerprint density at radius 1 is 1.18 bits per heavy atom. The first kappa shape index (κ1) is 15.9. The van der Waals surface area contributed by atoms with Crippen molar-refractivity contribution < 1.29 is 19.0 Å². The minimum Gasteiger partial charge on any atom is -0.463 e. The van der Waals surface area contributed by atoms with Crippen LogP contribution in [-0.4, -0.2) is 19.4 Å². The summed E-state index contributed by atoms with van der Waals surface area (Å²) in [5.41, 5.74) is 1.09. The van der Waals surface area contributed by atoms with Crippen LogP contribution in [0.2, 0.25) is 0 Å². The predicted molar refractivity (Wildman–Crippen MR) is 85.7 cm³/mol. The van der Waals surface area contributed by atoms with Gasteiger partial charge in [0.1, 0.15) is 0 Å². The number of esters is 1. The summed E-state index contributed by atoms with van der Waals surface area (Å²) in [6.45, 7) is 2.48. The van der Waals surface area contributed by atoms with Crippen molar-refractivity contribution in [3.63, 3.8) is 0 Å².